The number of phenolic OH excluding ortho intramolecular Hbond substituents is 1. The van der Waals surface area contributed by atoms with Crippen molar-refractivity contribution in [3.63, 3.8) is 0 Å². The van der Waals surface area contributed by atoms with Crippen LogP contribution in [0.4, 0.5) is 0 Å². The Morgan fingerprint density at radius 2 is 1.23 bits per heavy atom. The van der Waals surface area contributed by atoms with Crippen LogP contribution < -0.4 is 0 Å². The van der Waals surface area contributed by atoms with E-state index in [-0.39, 0.29) is 32.4 Å². The topological polar surface area (TPSA) is 50.9 Å². The number of aromatic nitrogens is 3. The molecule has 0 saturated heterocycles. The Labute approximate surface area is 392 Å². The molecule has 0 atom stereocenters. The maximum Gasteiger partial charge on any atom is 0.148 e. The Kier molecular flexibility index (Phi) is 8.79. The summed E-state index contributed by atoms with van der Waals surface area (Å²) >= 11 is 0. The van der Waals surface area contributed by atoms with Gasteiger partial charge in [-0.05, 0) is 81.5 Å². The molecular weight excluding hydrogens is 938 g/mol. The molecule has 5 heteroatoms. The minimum Gasteiger partial charge on any atom is -0.507 e. The van der Waals surface area contributed by atoms with E-state index in [4.69, 9.17) is 22.3 Å². The number of rotatable bonds is 7. The summed E-state index contributed by atoms with van der Waals surface area (Å²) < 4.78 is 79.1. The molecule has 0 spiro atoms. The second-order valence-electron chi connectivity index (χ2n) is 16.6. The number of phenols is 1. The van der Waals surface area contributed by atoms with Gasteiger partial charge in [-0.25, -0.2) is 4.98 Å². The van der Waals surface area contributed by atoms with E-state index >= 15 is 0 Å². The number of nitrogens with zero attached hydrogens (tertiary/aromatic N) is 3. The fraction of sp³-hybridized carbons (Fsp3) is 0.158. The van der Waals surface area contributed by atoms with Crippen molar-refractivity contribution in [3.8, 4) is 78.6 Å². The molecule has 0 aliphatic heterocycles. The first-order chi connectivity index (χ1) is 33.1. The molecular formula is C57H50N3OPt-. The second kappa shape index (κ2) is 16.8. The van der Waals surface area contributed by atoms with Crippen molar-refractivity contribution in [1.82, 2.24) is 14.5 Å². The SMILES string of the molecule is [2H]C([2H])([2H])C(c1ccc(-n2c(-c3cc(C)cc(C(C)(C)C)c3O)nc3c(-c4[c-]c(-c5cc(-c6ccccc6)ccn5)cc(-c5ccccc5)c4)cccc32)c(-c2ccccc2)c1)(C([2H])([2H])[2H])C([2H])([2H])[2H].[Pt]. The van der Waals surface area contributed by atoms with Gasteiger partial charge < -0.3 is 5.11 Å². The Hall–Kier alpha value is -6.35. The van der Waals surface area contributed by atoms with Crippen LogP contribution in [0.5, 0.6) is 5.75 Å². The van der Waals surface area contributed by atoms with Crippen LogP contribution in [0.15, 0.2) is 170 Å². The number of benzene rings is 7. The van der Waals surface area contributed by atoms with Gasteiger partial charge in [0, 0.05) is 56.4 Å². The van der Waals surface area contributed by atoms with Crippen LogP contribution in [-0.4, -0.2) is 19.6 Å². The van der Waals surface area contributed by atoms with Gasteiger partial charge in [-0.15, -0.1) is 23.8 Å². The Morgan fingerprint density at radius 3 is 1.89 bits per heavy atom. The van der Waals surface area contributed by atoms with Crippen LogP contribution in [0, 0.1) is 13.0 Å². The predicted molar refractivity (Wildman–Crippen MR) is 254 cm³/mol. The number of fused-ring (bicyclic) bond motifs is 1. The van der Waals surface area contributed by atoms with Crippen LogP contribution in [-0.2, 0) is 31.9 Å². The molecule has 62 heavy (non-hydrogen) atoms. The molecule has 2 aromatic heterocycles. The summed E-state index contributed by atoms with van der Waals surface area (Å²) in [7, 11) is 0. The van der Waals surface area contributed by atoms with Crippen molar-refractivity contribution in [1.29, 1.82) is 0 Å². The first kappa shape index (κ1) is 32.4. The Morgan fingerprint density at radius 1 is 0.581 bits per heavy atom. The molecule has 9 rings (SSSR count). The van der Waals surface area contributed by atoms with Crippen molar-refractivity contribution in [2.75, 3.05) is 0 Å². The maximum atomic E-state index is 12.4. The summed E-state index contributed by atoms with van der Waals surface area (Å²) in [6.45, 7) is -2.46. The number of imidazole rings is 1. The minimum absolute atomic E-state index is 0. The normalized spacial score (nSPS) is 14.5. The Balaban J connectivity index is 0.00000676. The zero-order valence-electron chi connectivity index (χ0n) is 43.8. The third-order valence-electron chi connectivity index (χ3n) is 11.2. The molecule has 1 N–H and O–H groups in total. The van der Waals surface area contributed by atoms with Crippen LogP contribution in [0.2, 0.25) is 0 Å². The van der Waals surface area contributed by atoms with Gasteiger partial charge in [0.25, 0.3) is 0 Å². The molecule has 7 aromatic carbocycles. The number of hydrogen-bond acceptors (Lipinski definition) is 3. The fourth-order valence-electron chi connectivity index (χ4n) is 8.11. The van der Waals surface area contributed by atoms with Crippen LogP contribution in [0.3, 0.4) is 0 Å². The summed E-state index contributed by atoms with van der Waals surface area (Å²) in [5.74, 6) is 0.356. The van der Waals surface area contributed by atoms with Gasteiger partial charge in [0.05, 0.1) is 22.3 Å². The van der Waals surface area contributed by atoms with Crippen molar-refractivity contribution < 1.29 is 38.5 Å². The summed E-state index contributed by atoms with van der Waals surface area (Å²) in [4.78, 5) is 10.3. The summed E-state index contributed by atoms with van der Waals surface area (Å²) in [6.07, 6.45) is 1.79. The third-order valence-corrected chi connectivity index (χ3v) is 11.2. The van der Waals surface area contributed by atoms with Crippen molar-refractivity contribution in [2.45, 2.75) is 59.1 Å². The smallest absolute Gasteiger partial charge is 0.148 e. The molecule has 0 saturated carbocycles. The molecule has 0 unspecified atom stereocenters. The van der Waals surface area contributed by atoms with Crippen molar-refractivity contribution in [2.24, 2.45) is 0 Å². The van der Waals surface area contributed by atoms with E-state index in [0.717, 1.165) is 33.4 Å². The minimum atomic E-state index is -3.49. The van der Waals surface area contributed by atoms with E-state index < -0.39 is 31.4 Å². The number of pyridine rings is 1. The molecule has 2 heterocycles. The van der Waals surface area contributed by atoms with Gasteiger partial charge >= 0.3 is 0 Å². The number of hydrogen-bond donors (Lipinski definition) is 1. The van der Waals surface area contributed by atoms with Gasteiger partial charge in [0.2, 0.25) is 0 Å². The first-order valence-electron chi connectivity index (χ1n) is 24.8. The summed E-state index contributed by atoms with van der Waals surface area (Å²) in [5, 5.41) is 12.4. The van der Waals surface area contributed by atoms with E-state index in [1.165, 1.54) is 12.1 Å². The third kappa shape index (κ3) is 8.20. The zero-order valence-corrected chi connectivity index (χ0v) is 37.0. The Bertz CT molecular complexity index is 3360. The summed E-state index contributed by atoms with van der Waals surface area (Å²) in [5.41, 5.74) is 7.15. The molecule has 0 fully saturated rings. The molecule has 4 nitrogen and oxygen atoms in total. The van der Waals surface area contributed by atoms with Gasteiger partial charge in [-0.3, -0.25) is 9.55 Å². The van der Waals surface area contributed by atoms with E-state index in [1.54, 1.807) is 36.5 Å². The molecule has 0 bridgehead atoms. The van der Waals surface area contributed by atoms with Gasteiger partial charge in [0.1, 0.15) is 11.6 Å². The summed E-state index contributed by atoms with van der Waals surface area (Å²) in [6, 6.07) is 54.8. The average Bonchev–Trinajstić information content (AvgIpc) is 3.71. The first-order valence-corrected chi connectivity index (χ1v) is 20.3. The number of aromatic hydroxyl groups is 1. The molecule has 310 valence electrons. The van der Waals surface area contributed by atoms with Crippen LogP contribution in [0.25, 0.3) is 83.9 Å². The number of aryl methyl sites for hydroxylation is 1. The standard InChI is InChI=1S/C57H50N3O.Pt/c1-37-30-48(54(61)49(31-37)57(5,6)7)55-59-53-46(24-17-25-52(53)60(55)51-27-26-45(56(2,3)4)36-47(51)40-22-15-10-16-23-40)43-32-42(39-20-13-9-14-21-39)33-44(34-43)50-35-41(28-29-58-50)38-18-11-8-12-19-38;/h8-33,35-36,61H,1-7H3;/q-1;/i2D3,3D3,4D3;. The zero-order chi connectivity index (χ0) is 50.0. The molecule has 0 amide bonds. The molecule has 0 aliphatic carbocycles. The quantitative estimate of drug-likeness (QED) is 0.162. The second-order valence-corrected chi connectivity index (χ2v) is 16.6. The molecule has 0 aliphatic rings. The van der Waals surface area contributed by atoms with Gasteiger partial charge in [-0.1, -0.05) is 179 Å². The maximum absolute atomic E-state index is 12.4. The van der Waals surface area contributed by atoms with E-state index in [2.05, 4.69) is 36.4 Å². The van der Waals surface area contributed by atoms with Gasteiger partial charge in [0.15, 0.2) is 0 Å². The van der Waals surface area contributed by atoms with Crippen molar-refractivity contribution in [3.05, 3.63) is 193 Å². The van der Waals surface area contributed by atoms with Gasteiger partial charge in [-0.2, -0.15) is 0 Å². The van der Waals surface area contributed by atoms with E-state index in [1.807, 2.05) is 123 Å². The monoisotopic (exact) mass is 996 g/mol. The van der Waals surface area contributed by atoms with E-state index in [0.29, 0.717) is 61.6 Å². The molecule has 9 aromatic rings. The fourth-order valence-corrected chi connectivity index (χ4v) is 8.11. The van der Waals surface area contributed by atoms with E-state index in [9.17, 15) is 5.11 Å². The average molecular weight is 997 g/mol. The van der Waals surface area contributed by atoms with Crippen molar-refractivity contribution >= 4 is 11.0 Å². The van der Waals surface area contributed by atoms with Crippen LogP contribution in [0.1, 0.15) is 70.4 Å². The molecule has 0 radical (unpaired) electrons. The predicted octanol–water partition coefficient (Wildman–Crippen LogP) is 14.8. The largest absolute Gasteiger partial charge is 0.507 e. The number of para-hydroxylation sites is 1. The van der Waals surface area contributed by atoms with Crippen LogP contribution >= 0.6 is 0 Å².